The van der Waals surface area contributed by atoms with E-state index < -0.39 is 5.97 Å². The molecular weight excluding hydrogens is 394 g/mol. The summed E-state index contributed by atoms with van der Waals surface area (Å²) in [7, 11) is 0. The van der Waals surface area contributed by atoms with Gasteiger partial charge in [-0.05, 0) is 61.8 Å². The van der Waals surface area contributed by atoms with Crippen molar-refractivity contribution in [3.05, 3.63) is 58.6 Å². The zero-order valence-corrected chi connectivity index (χ0v) is 17.4. The quantitative estimate of drug-likeness (QED) is 0.399. The number of halogens is 1. The van der Waals surface area contributed by atoms with Crippen LogP contribution >= 0.6 is 23.8 Å². The number of carbonyl (C=O) groups excluding carboxylic acids is 1. The Morgan fingerprint density at radius 2 is 2.11 bits per heavy atom. The number of nitrogens with zero attached hydrogens (tertiary/aromatic N) is 1. The number of benzene rings is 2. The molecule has 0 fully saturated rings. The third-order valence-corrected chi connectivity index (χ3v) is 5.16. The van der Waals surface area contributed by atoms with Crippen molar-refractivity contribution >= 4 is 46.3 Å². The number of hydrogen-bond acceptors (Lipinski definition) is 4. The first-order chi connectivity index (χ1) is 13.6. The average molecular weight is 418 g/mol. The van der Waals surface area contributed by atoms with Gasteiger partial charge in [-0.1, -0.05) is 29.8 Å². The molecule has 0 radical (unpaired) electrons. The van der Waals surface area contributed by atoms with E-state index in [1.807, 2.05) is 0 Å². The van der Waals surface area contributed by atoms with Crippen LogP contribution in [0.15, 0.2) is 42.5 Å². The molecule has 3 rings (SSSR count). The van der Waals surface area contributed by atoms with Crippen LogP contribution in [0.3, 0.4) is 0 Å². The number of hydrogen-bond donors (Lipinski definition) is 2. The van der Waals surface area contributed by atoms with Crippen molar-refractivity contribution in [3.8, 4) is 0 Å². The first kappa shape index (κ1) is 20.4. The molecule has 5 nitrogen and oxygen atoms in total. The van der Waals surface area contributed by atoms with Crippen LogP contribution in [0, 0.1) is 0 Å². The maximum absolute atomic E-state index is 11.8. The molecular formula is C21H24ClN3O2S. The molecule has 28 heavy (non-hydrogen) atoms. The fourth-order valence-corrected chi connectivity index (χ4v) is 3.73. The average Bonchev–Trinajstić information content (AvgIpc) is 3.09. The minimum atomic E-state index is -0.428. The molecule has 0 saturated carbocycles. The molecule has 0 atom stereocenters. The smallest absolute Gasteiger partial charge is 0.339 e. The third-order valence-electron chi connectivity index (χ3n) is 4.60. The molecule has 7 heteroatoms. The van der Waals surface area contributed by atoms with Gasteiger partial charge in [-0.25, -0.2) is 4.79 Å². The minimum Gasteiger partial charge on any atom is -0.462 e. The van der Waals surface area contributed by atoms with Crippen molar-refractivity contribution in [2.45, 2.75) is 19.8 Å². The Kier molecular flexibility index (Phi) is 7.12. The number of ether oxygens (including phenoxy) is 1. The molecule has 2 aromatic carbocycles. The molecule has 0 unspecified atom stereocenters. The number of rotatable bonds is 7. The van der Waals surface area contributed by atoms with Gasteiger partial charge in [0.25, 0.3) is 0 Å². The van der Waals surface area contributed by atoms with E-state index in [0.29, 0.717) is 22.3 Å². The van der Waals surface area contributed by atoms with Crippen LogP contribution < -0.4 is 15.5 Å². The highest BCUT2D eigenvalue weighted by molar-refractivity contribution is 7.80. The van der Waals surface area contributed by atoms with Crippen LogP contribution in [0.5, 0.6) is 0 Å². The second-order valence-corrected chi connectivity index (χ2v) is 7.33. The lowest BCUT2D eigenvalue weighted by Crippen LogP contribution is -2.32. The van der Waals surface area contributed by atoms with Crippen LogP contribution in [0.2, 0.25) is 5.02 Å². The summed E-state index contributed by atoms with van der Waals surface area (Å²) >= 11 is 11.5. The lowest BCUT2D eigenvalue weighted by molar-refractivity contribution is 0.0526. The van der Waals surface area contributed by atoms with E-state index in [4.69, 9.17) is 28.6 Å². The van der Waals surface area contributed by atoms with E-state index in [9.17, 15) is 4.79 Å². The Hall–Kier alpha value is -2.31. The molecule has 0 aromatic heterocycles. The van der Waals surface area contributed by atoms with Crippen molar-refractivity contribution in [2.75, 3.05) is 36.5 Å². The summed E-state index contributed by atoms with van der Waals surface area (Å²) in [5.41, 5.74) is 3.85. The van der Waals surface area contributed by atoms with Crippen molar-refractivity contribution in [1.29, 1.82) is 0 Å². The summed E-state index contributed by atoms with van der Waals surface area (Å²) in [6.07, 6.45) is 2.10. The molecule has 1 heterocycles. The Morgan fingerprint density at radius 3 is 2.89 bits per heavy atom. The first-order valence-corrected chi connectivity index (χ1v) is 10.2. The molecule has 0 aliphatic carbocycles. The molecule has 1 aliphatic heterocycles. The number of fused-ring (bicyclic) bond motifs is 1. The van der Waals surface area contributed by atoms with Gasteiger partial charge >= 0.3 is 5.97 Å². The zero-order valence-electron chi connectivity index (χ0n) is 15.8. The van der Waals surface area contributed by atoms with Crippen molar-refractivity contribution < 1.29 is 9.53 Å². The van der Waals surface area contributed by atoms with Crippen LogP contribution in [0.1, 0.15) is 29.3 Å². The zero-order chi connectivity index (χ0) is 19.9. The highest BCUT2D eigenvalue weighted by Gasteiger charge is 2.17. The molecule has 0 bridgehead atoms. The maximum atomic E-state index is 11.8. The van der Waals surface area contributed by atoms with E-state index >= 15 is 0 Å². The van der Waals surface area contributed by atoms with Crippen molar-refractivity contribution in [3.63, 3.8) is 0 Å². The Labute approximate surface area is 176 Å². The number of anilines is 2. The lowest BCUT2D eigenvalue weighted by atomic mass is 10.2. The lowest BCUT2D eigenvalue weighted by Gasteiger charge is -2.19. The fourth-order valence-electron chi connectivity index (χ4n) is 3.25. The van der Waals surface area contributed by atoms with Gasteiger partial charge in [0.05, 0.1) is 17.2 Å². The van der Waals surface area contributed by atoms with Crippen molar-refractivity contribution in [2.24, 2.45) is 0 Å². The normalized spacial score (nSPS) is 12.4. The highest BCUT2D eigenvalue weighted by atomic mass is 35.5. The molecule has 1 aliphatic rings. The van der Waals surface area contributed by atoms with Crippen LogP contribution in [0.25, 0.3) is 0 Å². The maximum Gasteiger partial charge on any atom is 0.339 e. The molecule has 0 amide bonds. The van der Waals surface area contributed by atoms with Gasteiger partial charge in [0.15, 0.2) is 5.11 Å². The monoisotopic (exact) mass is 417 g/mol. The van der Waals surface area contributed by atoms with E-state index in [-0.39, 0.29) is 0 Å². The van der Waals surface area contributed by atoms with Crippen molar-refractivity contribution in [1.82, 2.24) is 5.32 Å². The molecule has 0 spiro atoms. The van der Waals surface area contributed by atoms with Gasteiger partial charge in [-0.3, -0.25) is 0 Å². The Morgan fingerprint density at radius 1 is 1.29 bits per heavy atom. The number of carbonyl (C=O) groups is 1. The number of esters is 1. The Bertz CT molecular complexity index is 859. The molecule has 0 saturated heterocycles. The second-order valence-electron chi connectivity index (χ2n) is 6.52. The van der Waals surface area contributed by atoms with Crippen LogP contribution in [-0.2, 0) is 11.2 Å². The fraction of sp³-hybridized carbons (Fsp3) is 0.333. The topological polar surface area (TPSA) is 53.6 Å². The summed E-state index contributed by atoms with van der Waals surface area (Å²) in [6.45, 7) is 4.92. The highest BCUT2D eigenvalue weighted by Crippen LogP contribution is 2.27. The van der Waals surface area contributed by atoms with E-state index in [0.717, 1.165) is 38.2 Å². The predicted octanol–water partition coefficient (Wildman–Crippen LogP) is 4.26. The Balaban J connectivity index is 1.42. The summed E-state index contributed by atoms with van der Waals surface area (Å²) in [5.74, 6) is -0.428. The number of nitrogens with one attached hydrogen (secondary N) is 2. The van der Waals surface area contributed by atoms with Gasteiger partial charge in [0.1, 0.15) is 0 Å². The standard InChI is InChI=1S/C21H24ClN3O2S/c1-2-27-20(26)17-9-8-16(14-18(17)22)24-21(28)23-11-5-12-25-13-10-15-6-3-4-7-19(15)25/h3-4,6-9,14H,2,5,10-13H2,1H3,(H2,23,24,28). The van der Waals surface area contributed by atoms with E-state index in [2.05, 4.69) is 39.8 Å². The van der Waals surface area contributed by atoms with Crippen LogP contribution in [0.4, 0.5) is 11.4 Å². The molecule has 148 valence electrons. The van der Waals surface area contributed by atoms with E-state index in [1.165, 1.54) is 11.3 Å². The summed E-state index contributed by atoms with van der Waals surface area (Å²) in [6, 6.07) is 13.6. The first-order valence-electron chi connectivity index (χ1n) is 9.43. The number of para-hydroxylation sites is 1. The van der Waals surface area contributed by atoms with Gasteiger partial charge in [-0.15, -0.1) is 0 Å². The second kappa shape index (κ2) is 9.75. The minimum absolute atomic E-state index is 0.312. The SMILES string of the molecule is CCOC(=O)c1ccc(NC(=S)NCCCN2CCc3ccccc32)cc1Cl. The van der Waals surface area contributed by atoms with E-state index in [1.54, 1.807) is 25.1 Å². The van der Waals surface area contributed by atoms with Gasteiger partial charge < -0.3 is 20.3 Å². The molecule has 2 aromatic rings. The van der Waals surface area contributed by atoms with Gasteiger partial charge in [-0.2, -0.15) is 0 Å². The summed E-state index contributed by atoms with van der Waals surface area (Å²) in [4.78, 5) is 14.2. The van der Waals surface area contributed by atoms with Gasteiger partial charge in [0, 0.05) is 31.0 Å². The van der Waals surface area contributed by atoms with Crippen LogP contribution in [-0.4, -0.2) is 37.3 Å². The predicted molar refractivity (Wildman–Crippen MR) is 119 cm³/mol. The third kappa shape index (κ3) is 5.14. The summed E-state index contributed by atoms with van der Waals surface area (Å²) in [5, 5.41) is 7.17. The number of thiocarbonyl (C=S) groups is 1. The largest absolute Gasteiger partial charge is 0.462 e. The summed E-state index contributed by atoms with van der Waals surface area (Å²) < 4.78 is 4.97. The molecule has 2 N–H and O–H groups in total. The van der Waals surface area contributed by atoms with Gasteiger partial charge in [0.2, 0.25) is 0 Å².